The summed E-state index contributed by atoms with van der Waals surface area (Å²) in [7, 11) is 0. The predicted octanol–water partition coefficient (Wildman–Crippen LogP) is 1.54. The van der Waals surface area contributed by atoms with Crippen LogP contribution in [0.1, 0.15) is 44.3 Å². The number of primary amides is 1. The zero-order valence-corrected chi connectivity index (χ0v) is 13.1. The number of carbonyl (C=O) groups excluding carboxylic acids is 1. The van der Waals surface area contributed by atoms with Gasteiger partial charge in [0, 0.05) is 13.0 Å². The third kappa shape index (κ3) is 4.43. The SMILES string of the molecule is CCCC[C@H](NCc1nnc2n1C[C@@H](C(F)(F)F)CC2)C(N)=O. The van der Waals surface area contributed by atoms with Gasteiger partial charge in [0.1, 0.15) is 11.6 Å². The highest BCUT2D eigenvalue weighted by atomic mass is 19.4. The van der Waals surface area contributed by atoms with Crippen molar-refractivity contribution in [1.29, 1.82) is 0 Å². The molecule has 2 rings (SSSR count). The molecular formula is C14H22F3N5O. The van der Waals surface area contributed by atoms with Gasteiger partial charge in [-0.2, -0.15) is 13.2 Å². The number of nitrogens with one attached hydrogen (secondary N) is 1. The fourth-order valence-electron chi connectivity index (χ4n) is 2.75. The topological polar surface area (TPSA) is 85.8 Å². The van der Waals surface area contributed by atoms with Gasteiger partial charge in [0.15, 0.2) is 0 Å². The molecule has 0 bridgehead atoms. The summed E-state index contributed by atoms with van der Waals surface area (Å²) in [6, 6.07) is -0.509. The number of carbonyl (C=O) groups is 1. The first-order valence-electron chi connectivity index (χ1n) is 7.83. The third-order valence-corrected chi connectivity index (χ3v) is 4.18. The molecule has 0 radical (unpaired) electrons. The summed E-state index contributed by atoms with van der Waals surface area (Å²) >= 11 is 0. The van der Waals surface area contributed by atoms with E-state index in [1.807, 2.05) is 6.92 Å². The van der Waals surface area contributed by atoms with Gasteiger partial charge < -0.3 is 10.3 Å². The van der Waals surface area contributed by atoms with E-state index in [0.717, 1.165) is 12.8 Å². The number of nitrogens with zero attached hydrogens (tertiary/aromatic N) is 3. The lowest BCUT2D eigenvalue weighted by atomic mass is 9.99. The molecule has 23 heavy (non-hydrogen) atoms. The second kappa shape index (κ2) is 7.29. The van der Waals surface area contributed by atoms with E-state index in [1.165, 1.54) is 4.57 Å². The number of hydrogen-bond acceptors (Lipinski definition) is 4. The largest absolute Gasteiger partial charge is 0.393 e. The number of hydrogen-bond donors (Lipinski definition) is 2. The maximum Gasteiger partial charge on any atom is 0.393 e. The number of aryl methyl sites for hydroxylation is 1. The molecule has 0 aromatic carbocycles. The van der Waals surface area contributed by atoms with E-state index < -0.39 is 24.0 Å². The van der Waals surface area contributed by atoms with Crippen LogP contribution in [0.15, 0.2) is 0 Å². The molecule has 3 N–H and O–H groups in total. The normalized spacial score (nSPS) is 19.4. The van der Waals surface area contributed by atoms with Gasteiger partial charge >= 0.3 is 6.18 Å². The Kier molecular flexibility index (Phi) is 5.61. The smallest absolute Gasteiger partial charge is 0.368 e. The Hall–Kier alpha value is -1.64. The Morgan fingerprint density at radius 1 is 1.48 bits per heavy atom. The fourth-order valence-corrected chi connectivity index (χ4v) is 2.75. The first-order chi connectivity index (χ1) is 10.8. The first-order valence-corrected chi connectivity index (χ1v) is 7.83. The average Bonchev–Trinajstić information content (AvgIpc) is 2.88. The highest BCUT2D eigenvalue weighted by Gasteiger charge is 2.42. The molecule has 0 saturated carbocycles. The number of unbranched alkanes of at least 4 members (excludes halogenated alkanes) is 1. The molecule has 1 aliphatic rings. The molecule has 0 spiro atoms. The predicted molar refractivity (Wildman–Crippen MR) is 77.2 cm³/mol. The van der Waals surface area contributed by atoms with Gasteiger partial charge in [-0.25, -0.2) is 0 Å². The third-order valence-electron chi connectivity index (χ3n) is 4.18. The molecule has 1 amide bonds. The van der Waals surface area contributed by atoms with Crippen LogP contribution >= 0.6 is 0 Å². The van der Waals surface area contributed by atoms with Crippen molar-refractivity contribution >= 4 is 5.91 Å². The summed E-state index contributed by atoms with van der Waals surface area (Å²) in [5, 5.41) is 10.9. The van der Waals surface area contributed by atoms with Crippen LogP contribution in [0.5, 0.6) is 0 Å². The molecule has 0 aliphatic carbocycles. The Labute approximate surface area is 132 Å². The second-order valence-corrected chi connectivity index (χ2v) is 5.90. The van der Waals surface area contributed by atoms with E-state index >= 15 is 0 Å². The van der Waals surface area contributed by atoms with E-state index in [4.69, 9.17) is 5.73 Å². The van der Waals surface area contributed by atoms with Gasteiger partial charge in [0.25, 0.3) is 0 Å². The van der Waals surface area contributed by atoms with Crippen LogP contribution in [0.25, 0.3) is 0 Å². The maximum absolute atomic E-state index is 12.9. The zero-order valence-electron chi connectivity index (χ0n) is 13.1. The van der Waals surface area contributed by atoms with Gasteiger partial charge in [0.05, 0.1) is 18.5 Å². The van der Waals surface area contributed by atoms with Crippen LogP contribution < -0.4 is 11.1 Å². The molecule has 0 unspecified atom stereocenters. The van der Waals surface area contributed by atoms with E-state index in [9.17, 15) is 18.0 Å². The number of aromatic nitrogens is 3. The van der Waals surface area contributed by atoms with E-state index in [-0.39, 0.29) is 25.9 Å². The van der Waals surface area contributed by atoms with Crippen LogP contribution in [0.2, 0.25) is 0 Å². The van der Waals surface area contributed by atoms with E-state index in [0.29, 0.717) is 18.1 Å². The number of fused-ring (bicyclic) bond motifs is 1. The summed E-state index contributed by atoms with van der Waals surface area (Å²) in [5.41, 5.74) is 5.34. The minimum atomic E-state index is -4.22. The quantitative estimate of drug-likeness (QED) is 0.792. The van der Waals surface area contributed by atoms with Gasteiger partial charge in [-0.05, 0) is 12.8 Å². The van der Waals surface area contributed by atoms with Crippen molar-refractivity contribution in [3.05, 3.63) is 11.6 Å². The molecule has 1 aromatic rings. The Morgan fingerprint density at radius 3 is 2.83 bits per heavy atom. The lowest BCUT2D eigenvalue weighted by Gasteiger charge is -2.26. The summed E-state index contributed by atoms with van der Waals surface area (Å²) in [5.74, 6) is -0.870. The Balaban J connectivity index is 2.02. The van der Waals surface area contributed by atoms with Crippen LogP contribution in [0, 0.1) is 5.92 Å². The molecule has 1 aliphatic heterocycles. The highest BCUT2D eigenvalue weighted by molar-refractivity contribution is 5.79. The molecule has 9 heteroatoms. The highest BCUT2D eigenvalue weighted by Crippen LogP contribution is 2.34. The van der Waals surface area contributed by atoms with Crippen molar-refractivity contribution < 1.29 is 18.0 Å². The number of halogens is 3. The van der Waals surface area contributed by atoms with E-state index in [2.05, 4.69) is 15.5 Å². The number of rotatable bonds is 7. The average molecular weight is 333 g/mol. The van der Waals surface area contributed by atoms with E-state index in [1.54, 1.807) is 0 Å². The molecule has 2 atom stereocenters. The van der Waals surface area contributed by atoms with Gasteiger partial charge in [-0.3, -0.25) is 10.1 Å². The molecule has 0 saturated heterocycles. The number of alkyl halides is 3. The minimum Gasteiger partial charge on any atom is -0.368 e. The van der Waals surface area contributed by atoms with Gasteiger partial charge in [-0.15, -0.1) is 10.2 Å². The summed E-state index contributed by atoms with van der Waals surface area (Å²) < 4.78 is 40.2. The maximum atomic E-state index is 12.9. The number of amides is 1. The van der Waals surface area contributed by atoms with Crippen molar-refractivity contribution in [1.82, 2.24) is 20.1 Å². The lowest BCUT2D eigenvalue weighted by molar-refractivity contribution is -0.182. The summed E-state index contributed by atoms with van der Waals surface area (Å²) in [6.45, 7) is 2.01. The van der Waals surface area contributed by atoms with Crippen LogP contribution in [-0.4, -0.2) is 32.9 Å². The Bertz CT molecular complexity index is 543. The second-order valence-electron chi connectivity index (χ2n) is 5.90. The van der Waals surface area contributed by atoms with Crippen molar-refractivity contribution in [3.63, 3.8) is 0 Å². The lowest BCUT2D eigenvalue weighted by Crippen LogP contribution is -2.41. The summed E-state index contributed by atoms with van der Waals surface area (Å²) in [4.78, 5) is 11.4. The first kappa shape index (κ1) is 17.7. The fraction of sp³-hybridized carbons (Fsp3) is 0.786. The molecule has 130 valence electrons. The monoisotopic (exact) mass is 333 g/mol. The van der Waals surface area contributed by atoms with Crippen molar-refractivity contribution in [2.24, 2.45) is 11.7 Å². The minimum absolute atomic E-state index is 0.0372. The van der Waals surface area contributed by atoms with Gasteiger partial charge in [-0.1, -0.05) is 19.8 Å². The van der Waals surface area contributed by atoms with Gasteiger partial charge in [0.2, 0.25) is 5.91 Å². The zero-order chi connectivity index (χ0) is 17.0. The van der Waals surface area contributed by atoms with Crippen molar-refractivity contribution in [2.75, 3.05) is 0 Å². The number of nitrogens with two attached hydrogens (primary N) is 1. The molecule has 2 heterocycles. The molecular weight excluding hydrogens is 311 g/mol. The molecule has 1 aromatic heterocycles. The van der Waals surface area contributed by atoms with Crippen molar-refractivity contribution in [2.45, 2.75) is 64.3 Å². The van der Waals surface area contributed by atoms with Crippen LogP contribution in [-0.2, 0) is 24.3 Å². The summed E-state index contributed by atoms with van der Waals surface area (Å²) in [6.07, 6.45) is -1.56. The Morgan fingerprint density at radius 2 is 2.22 bits per heavy atom. The van der Waals surface area contributed by atoms with Crippen LogP contribution in [0.3, 0.4) is 0 Å². The molecule has 6 nitrogen and oxygen atoms in total. The standard InChI is InChI=1S/C14H22F3N5O/c1-2-3-4-10(13(18)23)19-7-12-21-20-11-6-5-9(8-22(11)12)14(15,16)17/h9-10,19H,2-8H2,1H3,(H2,18,23)/t9-,10-/m0/s1. The molecule has 0 fully saturated rings. The van der Waals surface area contributed by atoms with Crippen LogP contribution in [0.4, 0.5) is 13.2 Å². The van der Waals surface area contributed by atoms with Crippen molar-refractivity contribution in [3.8, 4) is 0 Å².